The average Bonchev–Trinajstić information content (AvgIpc) is 2.46. The zero-order valence-electron chi connectivity index (χ0n) is 7.28. The monoisotopic (exact) mass is 282 g/mol. The van der Waals surface area contributed by atoms with Gasteiger partial charge in [-0.3, -0.25) is 0 Å². The number of carbonyl (C=O) groups excluding carboxylic acids is 1. The molecular formula is C8H7AgN4O. The fraction of sp³-hybridized carbons (Fsp3) is 0.125. The first kappa shape index (κ1) is 9.39. The topological polar surface area (TPSA) is 59.8 Å². The van der Waals surface area contributed by atoms with Crippen LogP contribution < -0.4 is 5.32 Å². The second-order valence-electron chi connectivity index (χ2n) is 2.80. The molecule has 0 fully saturated rings. The van der Waals surface area contributed by atoms with Crippen LogP contribution in [0.4, 0.5) is 5.69 Å². The third-order valence-corrected chi connectivity index (χ3v) is 2.19. The Morgan fingerprint density at radius 2 is 2.36 bits per heavy atom. The van der Waals surface area contributed by atoms with Crippen molar-refractivity contribution in [3.63, 3.8) is 0 Å². The van der Waals surface area contributed by atoms with Crippen molar-refractivity contribution in [1.29, 1.82) is 0 Å². The number of fused-ring (bicyclic) bond motifs is 1. The molecule has 5 nitrogen and oxygen atoms in total. The Kier molecular flexibility index (Phi) is 2.37. The quantitative estimate of drug-likeness (QED) is 0.784. The summed E-state index contributed by atoms with van der Waals surface area (Å²) in [5.41, 5.74) is 2.31. The Balaban J connectivity index is 2.46. The number of amides is 1. The van der Waals surface area contributed by atoms with Gasteiger partial charge in [-0.1, -0.05) is 0 Å². The van der Waals surface area contributed by atoms with Crippen molar-refractivity contribution in [3.8, 4) is 0 Å². The van der Waals surface area contributed by atoms with Crippen molar-refractivity contribution in [1.82, 2.24) is 13.4 Å². The average molecular weight is 283 g/mol. The van der Waals surface area contributed by atoms with E-state index in [-0.39, 0.29) is 5.91 Å². The molecule has 2 aromatic rings. The van der Waals surface area contributed by atoms with Gasteiger partial charge in [0, 0.05) is 0 Å². The molecule has 0 saturated carbocycles. The Morgan fingerprint density at radius 1 is 1.57 bits per heavy atom. The van der Waals surface area contributed by atoms with Gasteiger partial charge in [0.05, 0.1) is 0 Å². The second-order valence-corrected chi connectivity index (χ2v) is 3.43. The molecule has 0 radical (unpaired) electrons. The van der Waals surface area contributed by atoms with Gasteiger partial charge in [-0.25, -0.2) is 0 Å². The van der Waals surface area contributed by atoms with Crippen molar-refractivity contribution >= 4 is 22.6 Å². The Bertz CT molecular complexity index is 493. The van der Waals surface area contributed by atoms with Crippen molar-refractivity contribution in [2.75, 3.05) is 5.32 Å². The van der Waals surface area contributed by atoms with E-state index in [1.807, 2.05) is 6.07 Å². The summed E-state index contributed by atoms with van der Waals surface area (Å²) in [6.45, 7) is 1.46. The number of carbonyl (C=O) groups is 1. The van der Waals surface area contributed by atoms with E-state index < -0.39 is 0 Å². The van der Waals surface area contributed by atoms with Crippen LogP contribution in [0.3, 0.4) is 0 Å². The normalized spacial score (nSPS) is 10.5. The number of aromatic nitrogens is 3. The van der Waals surface area contributed by atoms with Crippen molar-refractivity contribution in [2.24, 2.45) is 0 Å². The fourth-order valence-corrected chi connectivity index (χ4v) is 1.50. The molecule has 76 valence electrons. The molecule has 0 aliphatic heterocycles. The molecule has 0 aliphatic carbocycles. The molecule has 0 bridgehead atoms. The van der Waals surface area contributed by atoms with Gasteiger partial charge in [-0.05, 0) is 0 Å². The van der Waals surface area contributed by atoms with E-state index in [0.717, 1.165) is 16.7 Å². The summed E-state index contributed by atoms with van der Waals surface area (Å²) >= 11 is 3.22. The van der Waals surface area contributed by atoms with Gasteiger partial charge in [0.15, 0.2) is 0 Å². The predicted molar refractivity (Wildman–Crippen MR) is 47.2 cm³/mol. The summed E-state index contributed by atoms with van der Waals surface area (Å²) in [7, 11) is 0. The number of nitrogens with one attached hydrogen (secondary N) is 1. The number of hydrogen-bond acceptors (Lipinski definition) is 3. The van der Waals surface area contributed by atoms with Gasteiger partial charge >= 0.3 is 92.6 Å². The number of hydrogen-bond donors (Lipinski definition) is 1. The number of anilines is 1. The van der Waals surface area contributed by atoms with Crippen LogP contribution in [0.2, 0.25) is 0 Å². The van der Waals surface area contributed by atoms with E-state index in [1.54, 1.807) is 12.1 Å². The zero-order chi connectivity index (χ0) is 10.1. The van der Waals surface area contributed by atoms with E-state index in [2.05, 4.69) is 37.0 Å². The van der Waals surface area contributed by atoms with Crippen molar-refractivity contribution in [3.05, 3.63) is 18.2 Å². The van der Waals surface area contributed by atoms with Crippen molar-refractivity contribution < 1.29 is 26.1 Å². The van der Waals surface area contributed by atoms with Crippen LogP contribution in [-0.4, -0.2) is 19.3 Å². The SMILES string of the molecule is CC(=O)Nc1ccc2c(c1)nn[n]2[Ag]. The van der Waals surface area contributed by atoms with E-state index in [0.29, 0.717) is 0 Å². The third-order valence-electron chi connectivity index (χ3n) is 1.70. The third kappa shape index (κ3) is 1.70. The fourth-order valence-electron chi connectivity index (χ4n) is 1.16. The summed E-state index contributed by atoms with van der Waals surface area (Å²) in [6, 6.07) is 5.39. The zero-order valence-corrected chi connectivity index (χ0v) is 8.77. The summed E-state index contributed by atoms with van der Waals surface area (Å²) in [6.07, 6.45) is 0. The van der Waals surface area contributed by atoms with Gasteiger partial charge < -0.3 is 0 Å². The standard InChI is InChI=1S/C8H8N4O.Ag/c1-5(13)9-6-2-3-7-8(4-6)11-12-10-7;/h2-4H,1H3,(H2,9,10,11,12,13);/q;+1/p-1. The molecule has 0 atom stereocenters. The van der Waals surface area contributed by atoms with Crippen LogP contribution in [0.15, 0.2) is 18.2 Å². The molecular weight excluding hydrogens is 276 g/mol. The Labute approximate surface area is 92.7 Å². The number of benzene rings is 1. The minimum absolute atomic E-state index is 0.101. The van der Waals surface area contributed by atoms with Crippen LogP contribution in [-0.2, 0) is 26.1 Å². The van der Waals surface area contributed by atoms with Crippen LogP contribution >= 0.6 is 0 Å². The summed E-state index contributed by atoms with van der Waals surface area (Å²) in [5.74, 6) is -0.101. The van der Waals surface area contributed by atoms with Gasteiger partial charge in [-0.2, -0.15) is 0 Å². The van der Waals surface area contributed by atoms with Gasteiger partial charge in [0.25, 0.3) is 0 Å². The maximum absolute atomic E-state index is 10.8. The molecule has 1 N–H and O–H groups in total. The Morgan fingerprint density at radius 3 is 3.07 bits per heavy atom. The second kappa shape index (κ2) is 3.53. The van der Waals surface area contributed by atoms with Gasteiger partial charge in [0.1, 0.15) is 0 Å². The molecule has 0 spiro atoms. The van der Waals surface area contributed by atoms with Gasteiger partial charge in [-0.15, -0.1) is 0 Å². The molecule has 0 unspecified atom stereocenters. The molecule has 1 aromatic carbocycles. The molecule has 1 heterocycles. The molecule has 6 heteroatoms. The van der Waals surface area contributed by atoms with E-state index >= 15 is 0 Å². The minimum atomic E-state index is -0.101. The predicted octanol–water partition coefficient (Wildman–Crippen LogP) is 0.700. The summed E-state index contributed by atoms with van der Waals surface area (Å²) in [5, 5.41) is 10.4. The van der Waals surface area contributed by atoms with E-state index in [9.17, 15) is 4.79 Å². The first-order valence-electron chi connectivity index (χ1n) is 3.92. The maximum atomic E-state index is 10.8. The van der Waals surface area contributed by atoms with E-state index in [4.69, 9.17) is 0 Å². The molecule has 14 heavy (non-hydrogen) atoms. The summed E-state index contributed by atoms with van der Waals surface area (Å²) in [4.78, 5) is 10.8. The molecule has 1 aromatic heterocycles. The summed E-state index contributed by atoms with van der Waals surface area (Å²) < 4.78 is 1.50. The van der Waals surface area contributed by atoms with E-state index in [1.165, 1.54) is 10.0 Å². The molecule has 2 rings (SSSR count). The van der Waals surface area contributed by atoms with Crippen LogP contribution in [0.1, 0.15) is 6.92 Å². The molecule has 1 amide bonds. The number of nitrogens with zero attached hydrogens (tertiary/aromatic N) is 3. The molecule has 0 saturated heterocycles. The van der Waals surface area contributed by atoms with Crippen molar-refractivity contribution in [2.45, 2.75) is 6.92 Å². The van der Waals surface area contributed by atoms with Crippen LogP contribution in [0, 0.1) is 0 Å². The Hall–Kier alpha value is -1.17. The first-order chi connectivity index (χ1) is 6.66. The number of rotatable bonds is 1. The molecule has 0 aliphatic rings. The van der Waals surface area contributed by atoms with Crippen LogP contribution in [0.5, 0.6) is 0 Å². The van der Waals surface area contributed by atoms with Crippen LogP contribution in [0.25, 0.3) is 11.0 Å². The van der Waals surface area contributed by atoms with Gasteiger partial charge in [0.2, 0.25) is 0 Å². The first-order valence-corrected chi connectivity index (χ1v) is 4.59.